The summed E-state index contributed by atoms with van der Waals surface area (Å²) in [5, 5.41) is 0.777. The molecule has 0 amide bonds. The van der Waals surface area contributed by atoms with Crippen LogP contribution >= 0.6 is 23.2 Å². The summed E-state index contributed by atoms with van der Waals surface area (Å²) in [4.78, 5) is 12.0. The standard InChI is InChI=1S/C14H16Cl2O2S/c15-12-6-5-11(7-13(12)16)14(17)9-19(18)8-10-3-1-2-4-10/h5-7,10H,1-4,8-9H2. The van der Waals surface area contributed by atoms with Crippen molar-refractivity contribution in [2.45, 2.75) is 25.7 Å². The molecule has 1 fully saturated rings. The van der Waals surface area contributed by atoms with Gasteiger partial charge in [0.25, 0.3) is 0 Å². The van der Waals surface area contributed by atoms with E-state index >= 15 is 0 Å². The van der Waals surface area contributed by atoms with Crippen LogP contribution in [0.3, 0.4) is 0 Å². The SMILES string of the molecule is O=C(CS(=O)CC1CCCC1)c1ccc(Cl)c(Cl)c1. The summed E-state index contributed by atoms with van der Waals surface area (Å²) in [5.41, 5.74) is 0.481. The number of hydrogen-bond donors (Lipinski definition) is 0. The molecule has 0 heterocycles. The van der Waals surface area contributed by atoms with E-state index < -0.39 is 10.8 Å². The number of carbonyl (C=O) groups is 1. The first-order valence-corrected chi connectivity index (χ1v) is 8.64. The molecule has 0 bridgehead atoms. The Kier molecular flexibility index (Phi) is 5.43. The van der Waals surface area contributed by atoms with Crippen molar-refractivity contribution >= 4 is 39.8 Å². The normalized spacial score (nSPS) is 17.6. The minimum atomic E-state index is -1.08. The van der Waals surface area contributed by atoms with Gasteiger partial charge in [0.2, 0.25) is 0 Å². The highest BCUT2D eigenvalue weighted by molar-refractivity contribution is 7.85. The smallest absolute Gasteiger partial charge is 0.175 e. The molecule has 2 nitrogen and oxygen atoms in total. The molecule has 0 saturated heterocycles. The molecule has 0 aromatic heterocycles. The van der Waals surface area contributed by atoms with Crippen LogP contribution in [0.5, 0.6) is 0 Å². The third-order valence-electron chi connectivity index (χ3n) is 3.43. The minimum Gasteiger partial charge on any atom is -0.293 e. The summed E-state index contributed by atoms with van der Waals surface area (Å²) in [6.45, 7) is 0. The molecule has 1 aliphatic rings. The number of Topliss-reactive ketones (excluding diaryl/α,β-unsaturated/α-hetero) is 1. The predicted octanol–water partition coefficient (Wildman–Crippen LogP) is 4.12. The Bertz CT molecular complexity index is 496. The summed E-state index contributed by atoms with van der Waals surface area (Å²) in [7, 11) is -1.08. The summed E-state index contributed by atoms with van der Waals surface area (Å²) >= 11 is 11.7. The Morgan fingerprint density at radius 1 is 1.21 bits per heavy atom. The van der Waals surface area contributed by atoms with E-state index in [0.717, 1.165) is 12.8 Å². The van der Waals surface area contributed by atoms with Crippen molar-refractivity contribution in [3.63, 3.8) is 0 Å². The summed E-state index contributed by atoms with van der Waals surface area (Å²) in [6, 6.07) is 4.76. The molecular formula is C14H16Cl2O2S. The Labute approximate surface area is 125 Å². The van der Waals surface area contributed by atoms with Crippen molar-refractivity contribution in [3.8, 4) is 0 Å². The molecule has 1 atom stereocenters. The van der Waals surface area contributed by atoms with Gasteiger partial charge >= 0.3 is 0 Å². The Hall–Kier alpha value is -0.380. The molecule has 5 heteroatoms. The molecule has 19 heavy (non-hydrogen) atoms. The van der Waals surface area contributed by atoms with Crippen molar-refractivity contribution in [3.05, 3.63) is 33.8 Å². The van der Waals surface area contributed by atoms with E-state index in [1.807, 2.05) is 0 Å². The van der Waals surface area contributed by atoms with E-state index in [1.54, 1.807) is 18.2 Å². The fraction of sp³-hybridized carbons (Fsp3) is 0.500. The van der Waals surface area contributed by atoms with Gasteiger partial charge in [0, 0.05) is 22.1 Å². The van der Waals surface area contributed by atoms with Gasteiger partial charge < -0.3 is 0 Å². The highest BCUT2D eigenvalue weighted by Crippen LogP contribution is 2.26. The van der Waals surface area contributed by atoms with Crippen LogP contribution in [-0.2, 0) is 10.8 Å². The van der Waals surface area contributed by atoms with Crippen LogP contribution in [0.1, 0.15) is 36.0 Å². The van der Waals surface area contributed by atoms with Crippen molar-refractivity contribution in [1.82, 2.24) is 0 Å². The number of halogens is 2. The van der Waals surface area contributed by atoms with Crippen molar-refractivity contribution in [2.24, 2.45) is 5.92 Å². The lowest BCUT2D eigenvalue weighted by Gasteiger charge is -2.08. The second kappa shape index (κ2) is 6.87. The van der Waals surface area contributed by atoms with Gasteiger partial charge in [-0.3, -0.25) is 9.00 Å². The third-order valence-corrected chi connectivity index (χ3v) is 5.60. The van der Waals surface area contributed by atoms with Gasteiger partial charge in [-0.25, -0.2) is 0 Å². The highest BCUT2D eigenvalue weighted by atomic mass is 35.5. The van der Waals surface area contributed by atoms with Crippen molar-refractivity contribution in [1.29, 1.82) is 0 Å². The van der Waals surface area contributed by atoms with Crippen LogP contribution in [0.25, 0.3) is 0 Å². The molecule has 0 radical (unpaired) electrons. The molecule has 2 rings (SSSR count). The molecule has 0 spiro atoms. The molecule has 1 aromatic rings. The minimum absolute atomic E-state index is 0.0778. The second-order valence-electron chi connectivity index (χ2n) is 4.95. The molecule has 0 aliphatic heterocycles. The van der Waals surface area contributed by atoms with Gasteiger partial charge in [0.15, 0.2) is 5.78 Å². The van der Waals surface area contributed by atoms with Crippen LogP contribution in [0.2, 0.25) is 10.0 Å². The first-order chi connectivity index (χ1) is 9.06. The largest absolute Gasteiger partial charge is 0.293 e. The summed E-state index contributed by atoms with van der Waals surface area (Å²) < 4.78 is 12.0. The molecule has 1 saturated carbocycles. The molecule has 1 aromatic carbocycles. The Morgan fingerprint density at radius 2 is 1.89 bits per heavy atom. The number of benzene rings is 1. The van der Waals surface area contributed by atoms with E-state index in [2.05, 4.69) is 0 Å². The van der Waals surface area contributed by atoms with E-state index in [-0.39, 0.29) is 11.5 Å². The zero-order valence-corrected chi connectivity index (χ0v) is 12.9. The topological polar surface area (TPSA) is 34.1 Å². The first kappa shape index (κ1) is 15.0. The fourth-order valence-corrected chi connectivity index (χ4v) is 4.13. The van der Waals surface area contributed by atoms with Crippen LogP contribution in [0.4, 0.5) is 0 Å². The van der Waals surface area contributed by atoms with Gasteiger partial charge in [-0.2, -0.15) is 0 Å². The lowest BCUT2D eigenvalue weighted by molar-refractivity contribution is 0.102. The number of rotatable bonds is 5. The van der Waals surface area contributed by atoms with Crippen LogP contribution < -0.4 is 0 Å². The van der Waals surface area contributed by atoms with E-state index in [0.29, 0.717) is 27.3 Å². The first-order valence-electron chi connectivity index (χ1n) is 6.39. The van der Waals surface area contributed by atoms with Crippen molar-refractivity contribution < 1.29 is 9.00 Å². The molecule has 1 aliphatic carbocycles. The van der Waals surface area contributed by atoms with Crippen molar-refractivity contribution in [2.75, 3.05) is 11.5 Å². The fourth-order valence-electron chi connectivity index (χ4n) is 2.40. The molecular weight excluding hydrogens is 303 g/mol. The van der Waals surface area contributed by atoms with Gasteiger partial charge in [0.05, 0.1) is 15.8 Å². The molecule has 0 N–H and O–H groups in total. The van der Waals surface area contributed by atoms with Crippen LogP contribution in [0.15, 0.2) is 18.2 Å². The lowest BCUT2D eigenvalue weighted by atomic mass is 10.1. The quantitative estimate of drug-likeness (QED) is 0.765. The monoisotopic (exact) mass is 318 g/mol. The average molecular weight is 319 g/mol. The zero-order chi connectivity index (χ0) is 13.8. The van der Waals surface area contributed by atoms with Crippen LogP contribution in [-0.4, -0.2) is 21.5 Å². The van der Waals surface area contributed by atoms with E-state index in [4.69, 9.17) is 23.2 Å². The third kappa shape index (κ3) is 4.30. The lowest BCUT2D eigenvalue weighted by Crippen LogP contribution is -2.17. The second-order valence-corrected chi connectivity index (χ2v) is 7.27. The molecule has 104 valence electrons. The zero-order valence-electron chi connectivity index (χ0n) is 10.5. The number of hydrogen-bond acceptors (Lipinski definition) is 2. The average Bonchev–Trinajstić information content (AvgIpc) is 2.85. The van der Waals surface area contributed by atoms with Gasteiger partial charge in [-0.1, -0.05) is 36.0 Å². The van der Waals surface area contributed by atoms with Crippen LogP contribution in [0, 0.1) is 5.92 Å². The predicted molar refractivity (Wildman–Crippen MR) is 80.6 cm³/mol. The number of carbonyl (C=O) groups excluding carboxylic acids is 1. The molecule has 1 unspecified atom stereocenters. The summed E-state index contributed by atoms with van der Waals surface area (Å²) in [5.74, 6) is 1.12. The van der Waals surface area contributed by atoms with E-state index in [1.165, 1.54) is 12.8 Å². The van der Waals surface area contributed by atoms with Gasteiger partial charge in [0.1, 0.15) is 0 Å². The highest BCUT2D eigenvalue weighted by Gasteiger charge is 2.19. The maximum Gasteiger partial charge on any atom is 0.175 e. The van der Waals surface area contributed by atoms with Gasteiger partial charge in [-0.05, 0) is 37.0 Å². The van der Waals surface area contributed by atoms with E-state index in [9.17, 15) is 9.00 Å². The Morgan fingerprint density at radius 3 is 2.53 bits per heavy atom. The van der Waals surface area contributed by atoms with Gasteiger partial charge in [-0.15, -0.1) is 0 Å². The number of ketones is 1. The summed E-state index contributed by atoms with van der Waals surface area (Å²) in [6.07, 6.45) is 4.74. The maximum atomic E-state index is 12.0. The Balaban J connectivity index is 1.92. The maximum absolute atomic E-state index is 12.0.